The second kappa shape index (κ2) is 9.62. The second-order valence-corrected chi connectivity index (χ2v) is 9.54. The van der Waals surface area contributed by atoms with Crippen molar-refractivity contribution in [3.63, 3.8) is 0 Å². The van der Waals surface area contributed by atoms with Crippen molar-refractivity contribution in [3.8, 4) is 0 Å². The van der Waals surface area contributed by atoms with Gasteiger partial charge in [0, 0.05) is 29.5 Å². The molecular formula is C23H24N4O2S2. The molecule has 0 spiro atoms. The molecule has 6 nitrogen and oxygen atoms in total. The number of rotatable bonds is 7. The van der Waals surface area contributed by atoms with E-state index >= 15 is 0 Å². The average Bonchev–Trinajstić information content (AvgIpc) is 3.39. The number of aromatic nitrogens is 2. The van der Waals surface area contributed by atoms with E-state index < -0.39 is 0 Å². The summed E-state index contributed by atoms with van der Waals surface area (Å²) in [5.74, 6) is 0.277. The van der Waals surface area contributed by atoms with Crippen LogP contribution >= 0.6 is 23.1 Å². The molecule has 4 rings (SSSR count). The van der Waals surface area contributed by atoms with Gasteiger partial charge < -0.3 is 4.90 Å². The number of carbonyl (C=O) groups excluding carboxylic acids is 2. The molecule has 1 atom stereocenters. The van der Waals surface area contributed by atoms with Crippen molar-refractivity contribution in [1.29, 1.82) is 0 Å². The molecule has 1 unspecified atom stereocenters. The van der Waals surface area contributed by atoms with Crippen molar-refractivity contribution in [2.75, 3.05) is 22.5 Å². The highest BCUT2D eigenvalue weighted by atomic mass is 32.2. The summed E-state index contributed by atoms with van der Waals surface area (Å²) in [4.78, 5) is 27.8. The maximum atomic E-state index is 12.7. The van der Waals surface area contributed by atoms with Crippen molar-refractivity contribution in [2.45, 2.75) is 37.5 Å². The fraction of sp³-hybridized carbons (Fsp3) is 0.304. The number of thioether (sulfide) groups is 1. The summed E-state index contributed by atoms with van der Waals surface area (Å²) in [6.45, 7) is 4.71. The zero-order valence-corrected chi connectivity index (χ0v) is 19.1. The molecule has 2 aromatic carbocycles. The molecule has 0 radical (unpaired) electrons. The number of benzene rings is 2. The Morgan fingerprint density at radius 3 is 2.74 bits per heavy atom. The van der Waals surface area contributed by atoms with Gasteiger partial charge in [-0.2, -0.15) is 0 Å². The van der Waals surface area contributed by atoms with E-state index in [4.69, 9.17) is 0 Å². The molecule has 160 valence electrons. The zero-order chi connectivity index (χ0) is 21.8. The minimum atomic E-state index is -0.116. The van der Waals surface area contributed by atoms with Gasteiger partial charge in [0.1, 0.15) is 5.01 Å². The molecule has 1 N–H and O–H groups in total. The number of anilines is 2. The molecule has 1 aliphatic rings. The van der Waals surface area contributed by atoms with Crippen LogP contribution in [0.15, 0.2) is 53.4 Å². The minimum absolute atomic E-state index is 0.0116. The highest BCUT2D eigenvalue weighted by Crippen LogP contribution is 2.35. The van der Waals surface area contributed by atoms with E-state index in [-0.39, 0.29) is 17.7 Å². The first-order chi connectivity index (χ1) is 15.0. The van der Waals surface area contributed by atoms with E-state index in [1.165, 1.54) is 28.7 Å². The van der Waals surface area contributed by atoms with Crippen LogP contribution in [-0.4, -0.2) is 34.3 Å². The first-order valence-corrected chi connectivity index (χ1v) is 12.0. The highest BCUT2D eigenvalue weighted by molar-refractivity contribution is 8.00. The first-order valence-electron chi connectivity index (χ1n) is 10.2. The number of hydrogen-bond donors (Lipinski definition) is 1. The Morgan fingerprint density at radius 1 is 1.19 bits per heavy atom. The van der Waals surface area contributed by atoms with Crippen LogP contribution in [0.1, 0.15) is 35.4 Å². The fourth-order valence-corrected chi connectivity index (χ4v) is 5.12. The molecule has 0 bridgehead atoms. The lowest BCUT2D eigenvalue weighted by molar-refractivity contribution is -0.117. The van der Waals surface area contributed by atoms with Crippen LogP contribution in [-0.2, 0) is 16.0 Å². The SMILES string of the molecule is CCc1ccccc1N1CC(c2nnc(NC(=O)CSc3ccc(C)cc3)s2)CC1=O. The van der Waals surface area contributed by atoms with Gasteiger partial charge in [0.15, 0.2) is 0 Å². The largest absolute Gasteiger partial charge is 0.311 e. The van der Waals surface area contributed by atoms with Crippen molar-refractivity contribution in [1.82, 2.24) is 10.2 Å². The Bertz CT molecular complexity index is 1080. The van der Waals surface area contributed by atoms with Gasteiger partial charge in [-0.3, -0.25) is 14.9 Å². The van der Waals surface area contributed by atoms with Crippen LogP contribution in [0.3, 0.4) is 0 Å². The molecule has 8 heteroatoms. The third kappa shape index (κ3) is 5.14. The van der Waals surface area contributed by atoms with Crippen LogP contribution in [0.4, 0.5) is 10.8 Å². The minimum Gasteiger partial charge on any atom is -0.311 e. The highest BCUT2D eigenvalue weighted by Gasteiger charge is 2.34. The molecule has 0 aliphatic carbocycles. The maximum absolute atomic E-state index is 12.7. The summed E-state index contributed by atoms with van der Waals surface area (Å²) in [7, 11) is 0. The number of nitrogens with zero attached hydrogens (tertiary/aromatic N) is 3. The average molecular weight is 453 g/mol. The molecule has 2 heterocycles. The predicted molar refractivity (Wildman–Crippen MR) is 126 cm³/mol. The Morgan fingerprint density at radius 2 is 1.97 bits per heavy atom. The Kier molecular flexibility index (Phi) is 6.67. The van der Waals surface area contributed by atoms with Crippen molar-refractivity contribution < 1.29 is 9.59 Å². The quantitative estimate of drug-likeness (QED) is 0.528. The molecule has 31 heavy (non-hydrogen) atoms. The van der Waals surface area contributed by atoms with Gasteiger partial charge in [0.05, 0.1) is 5.75 Å². The van der Waals surface area contributed by atoms with Gasteiger partial charge in [-0.25, -0.2) is 0 Å². The van der Waals surface area contributed by atoms with Crippen molar-refractivity contribution in [2.24, 2.45) is 0 Å². The number of amides is 2. The van der Waals surface area contributed by atoms with Crippen LogP contribution in [0, 0.1) is 6.92 Å². The fourth-order valence-electron chi connectivity index (χ4n) is 3.57. The Balaban J connectivity index is 1.36. The van der Waals surface area contributed by atoms with Gasteiger partial charge >= 0.3 is 0 Å². The Labute approximate surface area is 190 Å². The van der Waals surface area contributed by atoms with Crippen LogP contribution in [0.2, 0.25) is 0 Å². The predicted octanol–water partition coefficient (Wildman–Crippen LogP) is 4.66. The van der Waals surface area contributed by atoms with E-state index in [0.29, 0.717) is 23.8 Å². The van der Waals surface area contributed by atoms with Crippen LogP contribution in [0.5, 0.6) is 0 Å². The standard InChI is InChI=1S/C23H24N4O2S2/c1-3-16-6-4-5-7-19(16)27-13-17(12-21(27)29)22-25-26-23(31-22)24-20(28)14-30-18-10-8-15(2)9-11-18/h4-11,17H,3,12-14H2,1-2H3,(H,24,26,28). The number of hydrogen-bond acceptors (Lipinski definition) is 6. The van der Waals surface area contributed by atoms with Gasteiger partial charge in [0.25, 0.3) is 0 Å². The molecular weight excluding hydrogens is 428 g/mol. The lowest BCUT2D eigenvalue weighted by atomic mass is 10.1. The number of nitrogens with one attached hydrogen (secondary N) is 1. The van der Waals surface area contributed by atoms with Crippen molar-refractivity contribution >= 4 is 45.7 Å². The molecule has 3 aromatic rings. The number of aryl methyl sites for hydroxylation is 2. The van der Waals surface area contributed by atoms with E-state index in [1.807, 2.05) is 54.3 Å². The summed E-state index contributed by atoms with van der Waals surface area (Å²) >= 11 is 2.83. The van der Waals surface area contributed by atoms with E-state index in [2.05, 4.69) is 28.5 Å². The lowest BCUT2D eigenvalue weighted by Crippen LogP contribution is -2.25. The van der Waals surface area contributed by atoms with E-state index in [1.54, 1.807) is 0 Å². The van der Waals surface area contributed by atoms with Gasteiger partial charge in [-0.05, 0) is 37.1 Å². The van der Waals surface area contributed by atoms with Gasteiger partial charge in [-0.1, -0.05) is 54.2 Å². The Hall–Kier alpha value is -2.71. The normalized spacial score (nSPS) is 16.0. The summed E-state index contributed by atoms with van der Waals surface area (Å²) < 4.78 is 0. The second-order valence-electron chi connectivity index (χ2n) is 7.48. The van der Waals surface area contributed by atoms with E-state index in [0.717, 1.165) is 27.6 Å². The zero-order valence-electron chi connectivity index (χ0n) is 17.5. The maximum Gasteiger partial charge on any atom is 0.236 e. The summed E-state index contributed by atoms with van der Waals surface area (Å²) in [5.41, 5.74) is 3.33. The van der Waals surface area contributed by atoms with Gasteiger partial charge in [0.2, 0.25) is 16.9 Å². The van der Waals surface area contributed by atoms with Crippen LogP contribution in [0.25, 0.3) is 0 Å². The molecule has 1 aromatic heterocycles. The van der Waals surface area contributed by atoms with E-state index in [9.17, 15) is 9.59 Å². The number of carbonyl (C=O) groups is 2. The third-order valence-electron chi connectivity index (χ3n) is 5.22. The third-order valence-corrected chi connectivity index (χ3v) is 7.23. The summed E-state index contributed by atoms with van der Waals surface area (Å²) in [6, 6.07) is 16.1. The first kappa shape index (κ1) is 21.5. The molecule has 1 aliphatic heterocycles. The summed E-state index contributed by atoms with van der Waals surface area (Å²) in [6.07, 6.45) is 1.28. The summed E-state index contributed by atoms with van der Waals surface area (Å²) in [5, 5.41) is 12.5. The van der Waals surface area contributed by atoms with Gasteiger partial charge in [-0.15, -0.1) is 22.0 Å². The number of para-hydroxylation sites is 1. The topological polar surface area (TPSA) is 75.2 Å². The lowest BCUT2D eigenvalue weighted by Gasteiger charge is -2.19. The molecule has 2 amide bonds. The smallest absolute Gasteiger partial charge is 0.236 e. The van der Waals surface area contributed by atoms with Crippen molar-refractivity contribution in [3.05, 3.63) is 64.7 Å². The molecule has 0 saturated carbocycles. The monoisotopic (exact) mass is 452 g/mol. The molecule has 1 saturated heterocycles. The van der Waals surface area contributed by atoms with Crippen LogP contribution < -0.4 is 10.2 Å². The molecule has 1 fully saturated rings.